The zero-order valence-corrected chi connectivity index (χ0v) is 9.25. The highest BCUT2D eigenvalue weighted by Gasteiger charge is 2.17. The third-order valence-electron chi connectivity index (χ3n) is 2.83. The molecule has 0 amide bonds. The van der Waals surface area contributed by atoms with E-state index in [9.17, 15) is 0 Å². The lowest BCUT2D eigenvalue weighted by Gasteiger charge is -2.25. The van der Waals surface area contributed by atoms with Crippen molar-refractivity contribution in [1.82, 2.24) is 5.32 Å². The smallest absolute Gasteiger partial charge is 0.119 e. The molecule has 0 spiro atoms. The summed E-state index contributed by atoms with van der Waals surface area (Å²) in [5, 5.41) is 3.45. The van der Waals surface area contributed by atoms with Crippen molar-refractivity contribution >= 4 is 0 Å². The SMILES string of the molecule is COCC1Cc2ccc(OC)cc2CN1. The first kappa shape index (κ1) is 10.5. The van der Waals surface area contributed by atoms with Gasteiger partial charge in [0.2, 0.25) is 0 Å². The van der Waals surface area contributed by atoms with Crippen LogP contribution in [0.3, 0.4) is 0 Å². The molecule has 1 N–H and O–H groups in total. The van der Waals surface area contributed by atoms with Gasteiger partial charge in [-0.15, -0.1) is 0 Å². The molecule has 0 aromatic heterocycles. The van der Waals surface area contributed by atoms with E-state index in [1.54, 1.807) is 14.2 Å². The second kappa shape index (κ2) is 4.64. The molecule has 1 aliphatic rings. The fourth-order valence-corrected chi connectivity index (χ4v) is 2.00. The van der Waals surface area contributed by atoms with Crippen LogP contribution in [0, 0.1) is 0 Å². The molecule has 0 radical (unpaired) electrons. The molecule has 3 nitrogen and oxygen atoms in total. The normalized spacial score (nSPS) is 19.7. The lowest BCUT2D eigenvalue weighted by Crippen LogP contribution is -2.38. The number of benzene rings is 1. The molecule has 0 fully saturated rings. The van der Waals surface area contributed by atoms with Crippen LogP contribution >= 0.6 is 0 Å². The third-order valence-corrected chi connectivity index (χ3v) is 2.83. The van der Waals surface area contributed by atoms with E-state index in [0.717, 1.165) is 25.3 Å². The van der Waals surface area contributed by atoms with Gasteiger partial charge < -0.3 is 14.8 Å². The first-order valence-corrected chi connectivity index (χ1v) is 5.21. The van der Waals surface area contributed by atoms with E-state index in [-0.39, 0.29) is 0 Å². The lowest BCUT2D eigenvalue weighted by atomic mass is 9.96. The summed E-state index contributed by atoms with van der Waals surface area (Å²) in [5.41, 5.74) is 2.73. The van der Waals surface area contributed by atoms with Crippen molar-refractivity contribution in [2.24, 2.45) is 0 Å². The summed E-state index contributed by atoms with van der Waals surface area (Å²) in [5.74, 6) is 0.931. The van der Waals surface area contributed by atoms with Crippen LogP contribution in [0.4, 0.5) is 0 Å². The fourth-order valence-electron chi connectivity index (χ4n) is 2.00. The molecule has 15 heavy (non-hydrogen) atoms. The molecule has 82 valence electrons. The van der Waals surface area contributed by atoms with Crippen molar-refractivity contribution in [1.29, 1.82) is 0 Å². The minimum absolute atomic E-state index is 0.441. The van der Waals surface area contributed by atoms with E-state index in [1.807, 2.05) is 6.07 Å². The summed E-state index contributed by atoms with van der Waals surface area (Å²) in [6.07, 6.45) is 1.03. The van der Waals surface area contributed by atoms with E-state index >= 15 is 0 Å². The first-order chi connectivity index (χ1) is 7.33. The minimum atomic E-state index is 0.441. The number of nitrogens with one attached hydrogen (secondary N) is 1. The average molecular weight is 207 g/mol. The lowest BCUT2D eigenvalue weighted by molar-refractivity contribution is 0.162. The Morgan fingerprint density at radius 1 is 1.33 bits per heavy atom. The van der Waals surface area contributed by atoms with Gasteiger partial charge in [0.1, 0.15) is 5.75 Å². The molecule has 2 rings (SSSR count). The van der Waals surface area contributed by atoms with E-state index in [1.165, 1.54) is 11.1 Å². The van der Waals surface area contributed by atoms with Crippen LogP contribution in [0.1, 0.15) is 11.1 Å². The van der Waals surface area contributed by atoms with Gasteiger partial charge in [-0.2, -0.15) is 0 Å². The number of hydrogen-bond acceptors (Lipinski definition) is 3. The molecule has 1 heterocycles. The average Bonchev–Trinajstić information content (AvgIpc) is 2.29. The van der Waals surface area contributed by atoms with Crippen molar-refractivity contribution in [2.45, 2.75) is 19.0 Å². The van der Waals surface area contributed by atoms with E-state index in [4.69, 9.17) is 9.47 Å². The summed E-state index contributed by atoms with van der Waals surface area (Å²) in [6, 6.07) is 6.72. The maximum Gasteiger partial charge on any atom is 0.119 e. The molecule has 1 aliphatic heterocycles. The molecule has 0 saturated carbocycles. The Bertz CT molecular complexity index is 338. The van der Waals surface area contributed by atoms with Crippen LogP contribution in [0.5, 0.6) is 5.75 Å². The molecular weight excluding hydrogens is 190 g/mol. The summed E-state index contributed by atoms with van der Waals surface area (Å²) >= 11 is 0. The Balaban J connectivity index is 2.13. The Morgan fingerprint density at radius 3 is 2.93 bits per heavy atom. The van der Waals surface area contributed by atoms with Gasteiger partial charge in [0.05, 0.1) is 13.7 Å². The minimum Gasteiger partial charge on any atom is -0.497 e. The van der Waals surface area contributed by atoms with Crippen molar-refractivity contribution in [2.75, 3.05) is 20.8 Å². The summed E-state index contributed by atoms with van der Waals surface area (Å²) in [4.78, 5) is 0. The van der Waals surface area contributed by atoms with Crippen LogP contribution < -0.4 is 10.1 Å². The molecule has 0 bridgehead atoms. The molecular formula is C12H17NO2. The Hall–Kier alpha value is -1.06. The molecule has 1 aromatic rings. The van der Waals surface area contributed by atoms with Gasteiger partial charge in [-0.05, 0) is 29.7 Å². The van der Waals surface area contributed by atoms with Crippen molar-refractivity contribution in [3.63, 3.8) is 0 Å². The third kappa shape index (κ3) is 2.30. The van der Waals surface area contributed by atoms with Crippen molar-refractivity contribution < 1.29 is 9.47 Å². The van der Waals surface area contributed by atoms with Crippen molar-refractivity contribution in [3.05, 3.63) is 29.3 Å². The molecule has 0 saturated heterocycles. The van der Waals surface area contributed by atoms with Crippen LogP contribution in [0.25, 0.3) is 0 Å². The first-order valence-electron chi connectivity index (χ1n) is 5.21. The van der Waals surface area contributed by atoms with Crippen molar-refractivity contribution in [3.8, 4) is 5.75 Å². The Labute approximate surface area is 90.4 Å². The van der Waals surface area contributed by atoms with Gasteiger partial charge in [0.15, 0.2) is 0 Å². The maximum absolute atomic E-state index is 5.20. The Morgan fingerprint density at radius 2 is 2.20 bits per heavy atom. The number of fused-ring (bicyclic) bond motifs is 1. The quantitative estimate of drug-likeness (QED) is 0.811. The number of hydrogen-bond donors (Lipinski definition) is 1. The molecule has 3 heteroatoms. The summed E-state index contributed by atoms with van der Waals surface area (Å²) in [7, 11) is 3.44. The monoisotopic (exact) mass is 207 g/mol. The van der Waals surface area contributed by atoms with Gasteiger partial charge in [0, 0.05) is 19.7 Å². The second-order valence-electron chi connectivity index (χ2n) is 3.87. The molecule has 1 aromatic carbocycles. The molecule has 1 unspecified atom stereocenters. The zero-order valence-electron chi connectivity index (χ0n) is 9.25. The standard InChI is InChI=1S/C12H17NO2/c1-14-8-11-5-9-3-4-12(15-2)6-10(9)7-13-11/h3-4,6,11,13H,5,7-8H2,1-2H3. The fraction of sp³-hybridized carbons (Fsp3) is 0.500. The number of ether oxygens (including phenoxy) is 2. The maximum atomic E-state index is 5.20. The van der Waals surface area contributed by atoms with Gasteiger partial charge in [-0.3, -0.25) is 0 Å². The van der Waals surface area contributed by atoms with Crippen LogP contribution in [0.2, 0.25) is 0 Å². The molecule has 0 aliphatic carbocycles. The summed E-state index contributed by atoms with van der Waals surface area (Å²) in [6.45, 7) is 1.67. The predicted octanol–water partition coefficient (Wildman–Crippen LogP) is 1.36. The zero-order chi connectivity index (χ0) is 10.7. The largest absolute Gasteiger partial charge is 0.497 e. The van der Waals surface area contributed by atoms with Crippen LogP contribution in [-0.2, 0) is 17.7 Å². The van der Waals surface area contributed by atoms with Gasteiger partial charge in [-0.25, -0.2) is 0 Å². The van der Waals surface area contributed by atoms with Gasteiger partial charge in [0.25, 0.3) is 0 Å². The summed E-state index contributed by atoms with van der Waals surface area (Å²) < 4.78 is 10.4. The number of methoxy groups -OCH3 is 2. The van der Waals surface area contributed by atoms with Gasteiger partial charge in [-0.1, -0.05) is 6.07 Å². The highest BCUT2D eigenvalue weighted by Crippen LogP contribution is 2.22. The second-order valence-corrected chi connectivity index (χ2v) is 3.87. The Kier molecular flexibility index (Phi) is 3.23. The van der Waals surface area contributed by atoms with E-state index in [0.29, 0.717) is 6.04 Å². The van der Waals surface area contributed by atoms with E-state index in [2.05, 4.69) is 17.4 Å². The van der Waals surface area contributed by atoms with Crippen LogP contribution in [-0.4, -0.2) is 26.9 Å². The topological polar surface area (TPSA) is 30.5 Å². The highest BCUT2D eigenvalue weighted by molar-refractivity contribution is 5.37. The van der Waals surface area contributed by atoms with Gasteiger partial charge >= 0.3 is 0 Å². The highest BCUT2D eigenvalue weighted by atomic mass is 16.5. The molecule has 1 atom stereocenters. The van der Waals surface area contributed by atoms with Crippen LogP contribution in [0.15, 0.2) is 18.2 Å². The number of rotatable bonds is 3. The predicted molar refractivity (Wildman–Crippen MR) is 59.2 cm³/mol. The van der Waals surface area contributed by atoms with E-state index < -0.39 is 0 Å².